The summed E-state index contributed by atoms with van der Waals surface area (Å²) < 4.78 is 0. The molecular formula is C20H29NaO2. The third-order valence-corrected chi connectivity index (χ3v) is 3.12. The smallest absolute Gasteiger partial charge is 0.545 e. The molecule has 0 bridgehead atoms. The summed E-state index contributed by atoms with van der Waals surface area (Å²) in [5, 5.41) is 10.1. The Kier molecular flexibility index (Phi) is 22.5. The molecule has 0 heterocycles. The van der Waals surface area contributed by atoms with E-state index in [2.05, 4.69) is 19.1 Å². The standard InChI is InChI=1S/C20H30O2.Na/c1-2-3-4-5-6-7-8-9-10-11-12-13-14-15-16-17-18-19-20(21)22;/h10-19H,2-9H2,1H3,(H,21,22);/q;+1/p-1. The maximum absolute atomic E-state index is 10.1. The molecule has 0 spiro atoms. The van der Waals surface area contributed by atoms with E-state index in [1.807, 2.05) is 24.3 Å². The van der Waals surface area contributed by atoms with Crippen LogP contribution in [0, 0.1) is 0 Å². The van der Waals surface area contributed by atoms with E-state index in [0.717, 1.165) is 12.5 Å². The van der Waals surface area contributed by atoms with Crippen molar-refractivity contribution in [2.75, 3.05) is 0 Å². The van der Waals surface area contributed by atoms with Gasteiger partial charge in [0, 0.05) is 0 Å². The second-order valence-corrected chi connectivity index (χ2v) is 5.17. The molecule has 2 nitrogen and oxygen atoms in total. The molecule has 0 saturated carbocycles. The molecule has 0 atom stereocenters. The van der Waals surface area contributed by atoms with E-state index in [-0.39, 0.29) is 29.6 Å². The van der Waals surface area contributed by atoms with Crippen LogP contribution in [-0.2, 0) is 4.79 Å². The van der Waals surface area contributed by atoms with Crippen molar-refractivity contribution in [2.24, 2.45) is 0 Å². The summed E-state index contributed by atoms with van der Waals surface area (Å²) in [6, 6.07) is 0. The summed E-state index contributed by atoms with van der Waals surface area (Å²) in [4.78, 5) is 10.1. The Morgan fingerprint density at radius 3 is 1.78 bits per heavy atom. The van der Waals surface area contributed by atoms with Gasteiger partial charge in [-0.1, -0.05) is 100 Å². The van der Waals surface area contributed by atoms with E-state index in [9.17, 15) is 9.90 Å². The number of hydrogen-bond donors (Lipinski definition) is 0. The second-order valence-electron chi connectivity index (χ2n) is 5.17. The minimum Gasteiger partial charge on any atom is -0.545 e. The van der Waals surface area contributed by atoms with Gasteiger partial charge in [0.2, 0.25) is 0 Å². The molecular weight excluding hydrogens is 295 g/mol. The van der Waals surface area contributed by atoms with Gasteiger partial charge >= 0.3 is 29.6 Å². The molecule has 0 fully saturated rings. The van der Waals surface area contributed by atoms with Crippen LogP contribution in [0.4, 0.5) is 0 Å². The van der Waals surface area contributed by atoms with Crippen molar-refractivity contribution in [3.05, 3.63) is 60.8 Å². The molecule has 0 aliphatic carbocycles. The van der Waals surface area contributed by atoms with Crippen molar-refractivity contribution >= 4 is 5.97 Å². The van der Waals surface area contributed by atoms with Crippen molar-refractivity contribution < 1.29 is 39.5 Å². The normalized spacial score (nSPS) is 12.2. The monoisotopic (exact) mass is 324 g/mol. The molecule has 3 heteroatoms. The first-order valence-corrected chi connectivity index (χ1v) is 8.31. The van der Waals surface area contributed by atoms with Crippen LogP contribution in [0.25, 0.3) is 0 Å². The topological polar surface area (TPSA) is 40.1 Å². The van der Waals surface area contributed by atoms with Gasteiger partial charge in [-0.3, -0.25) is 0 Å². The Morgan fingerprint density at radius 1 is 0.739 bits per heavy atom. The largest absolute Gasteiger partial charge is 1.00 e. The predicted molar refractivity (Wildman–Crippen MR) is 93.3 cm³/mol. The van der Waals surface area contributed by atoms with Crippen LogP contribution < -0.4 is 34.7 Å². The van der Waals surface area contributed by atoms with Gasteiger partial charge in [-0.2, -0.15) is 0 Å². The zero-order valence-corrected chi connectivity index (χ0v) is 16.7. The van der Waals surface area contributed by atoms with Crippen molar-refractivity contribution in [1.29, 1.82) is 0 Å². The number of hydrogen-bond acceptors (Lipinski definition) is 2. The summed E-state index contributed by atoms with van der Waals surface area (Å²) in [5.74, 6) is -1.18. The number of aliphatic carboxylic acids is 1. The van der Waals surface area contributed by atoms with Crippen molar-refractivity contribution in [3.8, 4) is 0 Å². The number of carbonyl (C=O) groups is 1. The molecule has 0 rings (SSSR count). The van der Waals surface area contributed by atoms with Gasteiger partial charge in [0.1, 0.15) is 0 Å². The summed E-state index contributed by atoms with van der Waals surface area (Å²) in [5.41, 5.74) is 0. The van der Waals surface area contributed by atoms with Crippen LogP contribution in [-0.4, -0.2) is 5.97 Å². The number of carboxylic acids is 1. The maximum atomic E-state index is 10.1. The van der Waals surface area contributed by atoms with Crippen LogP contribution >= 0.6 is 0 Å². The first-order valence-electron chi connectivity index (χ1n) is 8.31. The summed E-state index contributed by atoms with van der Waals surface area (Å²) in [6.07, 6.45) is 28.4. The molecule has 23 heavy (non-hydrogen) atoms. The fourth-order valence-corrected chi connectivity index (χ4v) is 1.91. The summed E-state index contributed by atoms with van der Waals surface area (Å²) in [7, 11) is 0. The van der Waals surface area contributed by atoms with Crippen molar-refractivity contribution in [3.63, 3.8) is 0 Å². The number of allylic oxidation sites excluding steroid dienone is 9. The molecule has 0 aliphatic heterocycles. The van der Waals surface area contributed by atoms with Gasteiger partial charge in [-0.15, -0.1) is 0 Å². The first kappa shape index (κ1) is 24.4. The Labute approximate surface area is 164 Å². The molecule has 0 aromatic heterocycles. The van der Waals surface area contributed by atoms with E-state index in [1.54, 1.807) is 12.2 Å². The van der Waals surface area contributed by atoms with Crippen LogP contribution in [0.5, 0.6) is 0 Å². The van der Waals surface area contributed by atoms with E-state index >= 15 is 0 Å². The fourth-order valence-electron chi connectivity index (χ4n) is 1.91. The Bertz CT molecular complexity index is 404. The van der Waals surface area contributed by atoms with Gasteiger partial charge in [0.15, 0.2) is 0 Å². The van der Waals surface area contributed by atoms with Gasteiger partial charge in [0.25, 0.3) is 0 Å². The van der Waals surface area contributed by atoms with Crippen molar-refractivity contribution in [2.45, 2.75) is 58.3 Å². The van der Waals surface area contributed by atoms with Crippen LogP contribution in [0.15, 0.2) is 60.8 Å². The number of carbonyl (C=O) groups excluding carboxylic acids is 1. The zero-order valence-electron chi connectivity index (χ0n) is 14.7. The molecule has 122 valence electrons. The van der Waals surface area contributed by atoms with E-state index in [4.69, 9.17) is 0 Å². The maximum Gasteiger partial charge on any atom is 1.00 e. The SMILES string of the molecule is CCCCCCCCCC=CC=CC=CC=CC=CC(=O)[O-].[Na+]. The van der Waals surface area contributed by atoms with Crippen LogP contribution in [0.1, 0.15) is 58.3 Å². The molecule has 0 amide bonds. The second kappa shape index (κ2) is 21.2. The molecule has 0 N–H and O–H groups in total. The quantitative estimate of drug-likeness (QED) is 0.224. The van der Waals surface area contributed by atoms with E-state index in [1.165, 1.54) is 51.0 Å². The molecule has 0 saturated heterocycles. The van der Waals surface area contributed by atoms with Crippen LogP contribution in [0.3, 0.4) is 0 Å². The molecule has 0 aromatic carbocycles. The Hall–Kier alpha value is -0.830. The minimum absolute atomic E-state index is 0. The fraction of sp³-hybridized carbons (Fsp3) is 0.450. The molecule has 0 radical (unpaired) electrons. The molecule has 0 aliphatic rings. The molecule has 0 aromatic rings. The summed E-state index contributed by atoms with van der Waals surface area (Å²) in [6.45, 7) is 2.25. The van der Waals surface area contributed by atoms with E-state index in [0.29, 0.717) is 0 Å². The third-order valence-electron chi connectivity index (χ3n) is 3.12. The third kappa shape index (κ3) is 23.6. The number of unbranched alkanes of at least 4 members (excludes halogenated alkanes) is 7. The minimum atomic E-state index is -1.18. The Morgan fingerprint density at radius 2 is 1.22 bits per heavy atom. The predicted octanol–water partition coefficient (Wildman–Crippen LogP) is 1.66. The van der Waals surface area contributed by atoms with Crippen LogP contribution in [0.2, 0.25) is 0 Å². The van der Waals surface area contributed by atoms with E-state index < -0.39 is 5.97 Å². The number of rotatable bonds is 13. The molecule has 0 unspecified atom stereocenters. The van der Waals surface area contributed by atoms with Gasteiger partial charge in [0.05, 0.1) is 5.97 Å². The average Bonchev–Trinajstić information content (AvgIpc) is 2.50. The Balaban J connectivity index is 0. The summed E-state index contributed by atoms with van der Waals surface area (Å²) >= 11 is 0. The zero-order chi connectivity index (χ0) is 16.3. The van der Waals surface area contributed by atoms with Gasteiger partial charge in [-0.25, -0.2) is 0 Å². The average molecular weight is 324 g/mol. The van der Waals surface area contributed by atoms with Gasteiger partial charge in [-0.05, 0) is 18.9 Å². The first-order chi connectivity index (χ1) is 10.8. The van der Waals surface area contributed by atoms with Crippen molar-refractivity contribution in [1.82, 2.24) is 0 Å². The van der Waals surface area contributed by atoms with Gasteiger partial charge < -0.3 is 9.90 Å². The number of carboxylic acid groups (broad SMARTS) is 1.